The van der Waals surface area contributed by atoms with Crippen LogP contribution in [-0.4, -0.2) is 45.7 Å². The van der Waals surface area contributed by atoms with Gasteiger partial charge in [-0.2, -0.15) is 0 Å². The van der Waals surface area contributed by atoms with Gasteiger partial charge in [0, 0.05) is 23.3 Å². The van der Waals surface area contributed by atoms with Crippen molar-refractivity contribution < 1.29 is 23.4 Å². The van der Waals surface area contributed by atoms with Crippen molar-refractivity contribution in [1.29, 1.82) is 0 Å². The number of rotatable bonds is 7. The van der Waals surface area contributed by atoms with Crippen LogP contribution in [-0.2, 0) is 0 Å². The number of fused-ring (bicyclic) bond motifs is 1. The fourth-order valence-electron chi connectivity index (χ4n) is 2.74. The summed E-state index contributed by atoms with van der Waals surface area (Å²) in [6, 6.07) is 9.54. The molecule has 2 heterocycles. The molecule has 0 spiro atoms. The third kappa shape index (κ3) is 5.07. The molecule has 1 aromatic carbocycles. The van der Waals surface area contributed by atoms with Gasteiger partial charge in [-0.05, 0) is 50.6 Å². The molecule has 8 heteroatoms. The number of nitrogens with zero attached hydrogens (tertiary/aromatic N) is 2. The van der Waals surface area contributed by atoms with Crippen LogP contribution in [0.5, 0.6) is 5.75 Å². The lowest BCUT2D eigenvalue weighted by Gasteiger charge is -2.26. The first-order valence-electron chi connectivity index (χ1n) is 9.44. The fraction of sp³-hybridized carbons (Fsp3) is 0.318. The number of nitrogens with one attached hydrogen (secondary N) is 1. The number of benzene rings is 1. The maximum Gasteiger partial charge on any atom is 0.272 e. The van der Waals surface area contributed by atoms with Crippen molar-refractivity contribution in [3.63, 3.8) is 0 Å². The van der Waals surface area contributed by atoms with Gasteiger partial charge in [0.2, 0.25) is 0 Å². The van der Waals surface area contributed by atoms with Crippen molar-refractivity contribution in [2.75, 3.05) is 6.61 Å². The predicted octanol–water partition coefficient (Wildman–Crippen LogP) is 3.83. The van der Waals surface area contributed by atoms with Crippen LogP contribution in [0.3, 0.4) is 0 Å². The summed E-state index contributed by atoms with van der Waals surface area (Å²) in [7, 11) is 0. The molecular formula is C22H23F2N3O3. The molecule has 3 rings (SSSR count). The highest BCUT2D eigenvalue weighted by molar-refractivity contribution is 5.98. The maximum atomic E-state index is 12.6. The number of halogens is 2. The summed E-state index contributed by atoms with van der Waals surface area (Å²) in [5.41, 5.74) is 0.964. The van der Waals surface area contributed by atoms with Gasteiger partial charge in [0.1, 0.15) is 18.1 Å². The molecule has 2 N–H and O–H groups in total. The van der Waals surface area contributed by atoms with E-state index in [1.54, 1.807) is 69.6 Å². The first-order chi connectivity index (χ1) is 14.1. The lowest BCUT2D eigenvalue weighted by Crippen LogP contribution is -2.47. The summed E-state index contributed by atoms with van der Waals surface area (Å²) in [5.74, 6) is -0.110. The van der Waals surface area contributed by atoms with Crippen molar-refractivity contribution in [2.45, 2.75) is 38.8 Å². The van der Waals surface area contributed by atoms with Gasteiger partial charge in [-0.25, -0.2) is 13.8 Å². The molecule has 0 aliphatic heterocycles. The third-order valence-electron chi connectivity index (χ3n) is 4.76. The average molecular weight is 415 g/mol. The number of ether oxygens (including phenoxy) is 1. The Balaban J connectivity index is 1.96. The second-order valence-electron chi connectivity index (χ2n) is 7.53. The van der Waals surface area contributed by atoms with Crippen LogP contribution in [0.15, 0.2) is 48.8 Å². The Morgan fingerprint density at radius 2 is 2.00 bits per heavy atom. The topological polar surface area (TPSA) is 84.3 Å². The van der Waals surface area contributed by atoms with E-state index < -0.39 is 30.6 Å². The number of amides is 1. The Kier molecular flexibility index (Phi) is 6.26. The van der Waals surface area contributed by atoms with Gasteiger partial charge in [0.05, 0.1) is 17.2 Å². The van der Waals surface area contributed by atoms with E-state index in [1.165, 1.54) is 0 Å². The number of pyridine rings is 2. The third-order valence-corrected chi connectivity index (χ3v) is 4.76. The Morgan fingerprint density at radius 3 is 2.70 bits per heavy atom. The highest BCUT2D eigenvalue weighted by Gasteiger charge is 2.25. The molecule has 1 unspecified atom stereocenters. The Morgan fingerprint density at radius 1 is 1.23 bits per heavy atom. The van der Waals surface area contributed by atoms with Gasteiger partial charge in [-0.15, -0.1) is 0 Å². The van der Waals surface area contributed by atoms with Gasteiger partial charge >= 0.3 is 0 Å². The van der Waals surface area contributed by atoms with Gasteiger partial charge in [-0.1, -0.05) is 12.1 Å². The maximum absolute atomic E-state index is 12.6. The molecule has 1 amide bonds. The summed E-state index contributed by atoms with van der Waals surface area (Å²) in [4.78, 5) is 21.3. The van der Waals surface area contributed by atoms with Gasteiger partial charge in [0.25, 0.3) is 12.3 Å². The van der Waals surface area contributed by atoms with Crippen LogP contribution < -0.4 is 10.1 Å². The van der Waals surface area contributed by atoms with Crippen LogP contribution in [0, 0.1) is 0 Å². The summed E-state index contributed by atoms with van der Waals surface area (Å²) in [6.07, 6.45) is 0.661. The van der Waals surface area contributed by atoms with Gasteiger partial charge in [-0.3, -0.25) is 9.78 Å². The summed E-state index contributed by atoms with van der Waals surface area (Å²) < 4.78 is 30.0. The zero-order valence-corrected chi connectivity index (χ0v) is 16.9. The molecule has 0 aliphatic rings. The van der Waals surface area contributed by atoms with E-state index in [0.717, 1.165) is 5.39 Å². The molecule has 1 atom stereocenters. The van der Waals surface area contributed by atoms with Crippen molar-refractivity contribution in [3.8, 4) is 16.9 Å². The summed E-state index contributed by atoms with van der Waals surface area (Å²) in [5, 5.41) is 13.5. The monoisotopic (exact) mass is 415 g/mol. The first kappa shape index (κ1) is 21.6. The summed E-state index contributed by atoms with van der Waals surface area (Å²) in [6.45, 7) is 4.23. The van der Waals surface area contributed by atoms with Crippen LogP contribution in [0.25, 0.3) is 22.0 Å². The van der Waals surface area contributed by atoms with Crippen LogP contribution in [0.1, 0.15) is 31.3 Å². The molecule has 0 saturated carbocycles. The molecule has 3 aromatic rings. The SMILES string of the molecule is CC(NC(=O)c1ccc2cncc(-c3cccc(OCC(F)F)c3)c2n1)C(C)(C)O. The zero-order valence-electron chi connectivity index (χ0n) is 16.9. The Hall–Kier alpha value is -3.13. The average Bonchev–Trinajstić information content (AvgIpc) is 2.70. The number of aromatic nitrogens is 2. The number of hydrogen-bond donors (Lipinski definition) is 2. The largest absolute Gasteiger partial charge is 0.488 e. The normalized spacial score (nSPS) is 12.8. The smallest absolute Gasteiger partial charge is 0.272 e. The molecule has 6 nitrogen and oxygen atoms in total. The van der Waals surface area contributed by atoms with Crippen molar-refractivity contribution in [3.05, 3.63) is 54.5 Å². The minimum Gasteiger partial charge on any atom is -0.488 e. The molecule has 30 heavy (non-hydrogen) atoms. The van der Waals surface area contributed by atoms with E-state index >= 15 is 0 Å². The lowest BCUT2D eigenvalue weighted by atomic mass is 10.0. The molecule has 0 saturated heterocycles. The molecule has 0 bridgehead atoms. The molecule has 158 valence electrons. The highest BCUT2D eigenvalue weighted by Crippen LogP contribution is 2.29. The second kappa shape index (κ2) is 8.71. The zero-order chi connectivity index (χ0) is 21.9. The number of aliphatic hydroxyl groups is 1. The number of carbonyl (C=O) groups is 1. The second-order valence-corrected chi connectivity index (χ2v) is 7.53. The van der Waals surface area contributed by atoms with E-state index in [2.05, 4.69) is 15.3 Å². The van der Waals surface area contributed by atoms with E-state index in [1.807, 2.05) is 0 Å². The van der Waals surface area contributed by atoms with Crippen molar-refractivity contribution in [2.24, 2.45) is 0 Å². The number of alkyl halides is 2. The van der Waals surface area contributed by atoms with Crippen molar-refractivity contribution in [1.82, 2.24) is 15.3 Å². The van der Waals surface area contributed by atoms with Crippen LogP contribution in [0.4, 0.5) is 8.78 Å². The van der Waals surface area contributed by atoms with Crippen LogP contribution in [0.2, 0.25) is 0 Å². The molecule has 0 aliphatic carbocycles. The quantitative estimate of drug-likeness (QED) is 0.613. The van der Waals surface area contributed by atoms with Gasteiger partial charge < -0.3 is 15.2 Å². The molecule has 0 radical (unpaired) electrons. The minimum absolute atomic E-state index is 0.191. The summed E-state index contributed by atoms with van der Waals surface area (Å²) >= 11 is 0. The lowest BCUT2D eigenvalue weighted by molar-refractivity contribution is 0.0407. The Labute approximate surface area is 172 Å². The van der Waals surface area contributed by atoms with Crippen LogP contribution >= 0.6 is 0 Å². The number of carbonyl (C=O) groups excluding carboxylic acids is 1. The van der Waals surface area contributed by atoms with Gasteiger partial charge in [0.15, 0.2) is 0 Å². The van der Waals surface area contributed by atoms with E-state index in [4.69, 9.17) is 4.74 Å². The first-order valence-corrected chi connectivity index (χ1v) is 9.44. The molecular weight excluding hydrogens is 392 g/mol. The molecule has 2 aromatic heterocycles. The van der Waals surface area contributed by atoms with E-state index in [0.29, 0.717) is 22.4 Å². The minimum atomic E-state index is -2.57. The predicted molar refractivity (Wildman–Crippen MR) is 110 cm³/mol. The number of hydrogen-bond acceptors (Lipinski definition) is 5. The Bertz CT molecular complexity index is 1050. The standard InChI is InChI=1S/C22H23F2N3O3/c1-13(22(2,3)29)26-21(28)18-8-7-15-10-25-11-17(20(15)27-18)14-5-4-6-16(9-14)30-12-19(23)24/h4-11,13,19,29H,12H2,1-3H3,(H,26,28). The fourth-order valence-corrected chi connectivity index (χ4v) is 2.74. The highest BCUT2D eigenvalue weighted by atomic mass is 19.3. The van der Waals surface area contributed by atoms with E-state index in [9.17, 15) is 18.7 Å². The van der Waals surface area contributed by atoms with E-state index in [-0.39, 0.29) is 5.69 Å². The molecule has 0 fully saturated rings. The van der Waals surface area contributed by atoms with Crippen molar-refractivity contribution >= 4 is 16.8 Å².